The second kappa shape index (κ2) is 4.50. The van der Waals surface area contributed by atoms with Gasteiger partial charge in [-0.3, -0.25) is 0 Å². The van der Waals surface area contributed by atoms with Crippen molar-refractivity contribution in [3.63, 3.8) is 0 Å². The average Bonchev–Trinajstić information content (AvgIpc) is 2.51. The van der Waals surface area contributed by atoms with Crippen LogP contribution >= 0.6 is 0 Å². The zero-order valence-corrected chi connectivity index (χ0v) is 7.69. The Bertz CT molecular complexity index is 283. The van der Waals surface area contributed by atoms with E-state index in [0.29, 0.717) is 5.76 Å². The van der Waals surface area contributed by atoms with Gasteiger partial charge in [0.2, 0.25) is 0 Å². The Morgan fingerprint density at radius 1 is 1.62 bits per heavy atom. The number of ether oxygens (including phenoxy) is 1. The minimum Gasteiger partial charge on any atom is -0.465 e. The molecule has 0 aliphatic heterocycles. The molecule has 70 valence electrons. The van der Waals surface area contributed by atoms with Crippen LogP contribution in [0.2, 0.25) is 0 Å². The molecular weight excluding hydrogens is 168 g/mol. The van der Waals surface area contributed by atoms with Crippen molar-refractivity contribution in [3.8, 4) is 0 Å². The van der Waals surface area contributed by atoms with E-state index in [-0.39, 0.29) is 12.1 Å². The van der Waals surface area contributed by atoms with Crippen LogP contribution in [0.4, 0.5) is 0 Å². The highest BCUT2D eigenvalue weighted by molar-refractivity contribution is 5.86. The summed E-state index contributed by atoms with van der Waals surface area (Å²) in [7, 11) is 0. The lowest BCUT2D eigenvalue weighted by atomic mass is 10.4. The number of esters is 1. The summed E-state index contributed by atoms with van der Waals surface area (Å²) in [4.78, 5) is 11.0. The van der Waals surface area contributed by atoms with E-state index in [2.05, 4.69) is 0 Å². The van der Waals surface area contributed by atoms with E-state index in [0.717, 1.165) is 0 Å². The summed E-state index contributed by atoms with van der Waals surface area (Å²) in [6.07, 6.45) is 4.38. The van der Waals surface area contributed by atoms with Crippen LogP contribution in [0.1, 0.15) is 19.6 Å². The van der Waals surface area contributed by atoms with Gasteiger partial charge in [0.05, 0.1) is 12.4 Å². The van der Waals surface area contributed by atoms with Crippen molar-refractivity contribution in [2.24, 2.45) is 0 Å². The average molecular weight is 180 g/mol. The third-order valence-corrected chi connectivity index (χ3v) is 1.28. The summed E-state index contributed by atoms with van der Waals surface area (Å²) >= 11 is 0. The van der Waals surface area contributed by atoms with E-state index in [1.807, 2.05) is 0 Å². The third-order valence-electron chi connectivity index (χ3n) is 1.28. The lowest BCUT2D eigenvalue weighted by molar-refractivity contribution is -0.141. The summed E-state index contributed by atoms with van der Waals surface area (Å²) in [6.45, 7) is 3.61. The topological polar surface area (TPSA) is 39.4 Å². The first-order chi connectivity index (χ1) is 6.18. The molecule has 0 saturated carbocycles. The summed E-state index contributed by atoms with van der Waals surface area (Å²) < 4.78 is 9.88. The second-order valence-corrected chi connectivity index (χ2v) is 2.83. The summed E-state index contributed by atoms with van der Waals surface area (Å²) in [6, 6.07) is 3.52. The largest absolute Gasteiger partial charge is 0.465 e. The van der Waals surface area contributed by atoms with E-state index in [1.54, 1.807) is 38.3 Å². The molecule has 0 radical (unpaired) electrons. The van der Waals surface area contributed by atoms with E-state index in [1.165, 1.54) is 6.08 Å². The van der Waals surface area contributed by atoms with Crippen LogP contribution < -0.4 is 0 Å². The molecule has 0 spiro atoms. The van der Waals surface area contributed by atoms with Crippen molar-refractivity contribution in [1.82, 2.24) is 0 Å². The van der Waals surface area contributed by atoms with Gasteiger partial charge in [-0.15, -0.1) is 0 Å². The van der Waals surface area contributed by atoms with E-state index < -0.39 is 0 Å². The Kier molecular flexibility index (Phi) is 3.31. The van der Waals surface area contributed by atoms with Gasteiger partial charge in [-0.1, -0.05) is 0 Å². The summed E-state index contributed by atoms with van der Waals surface area (Å²) in [5.41, 5.74) is 0. The van der Waals surface area contributed by atoms with Gasteiger partial charge in [-0.2, -0.15) is 0 Å². The fraction of sp³-hybridized carbons (Fsp3) is 0.300. The molecule has 0 bridgehead atoms. The molecular formula is C10H12O3. The predicted octanol–water partition coefficient (Wildman–Crippen LogP) is 2.24. The molecule has 0 aliphatic carbocycles. The SMILES string of the molecule is CC(C)OC(=O)C=Cc1ccco1. The number of carbonyl (C=O) groups is 1. The van der Waals surface area contributed by atoms with Crippen LogP contribution in [0.3, 0.4) is 0 Å². The lowest BCUT2D eigenvalue weighted by Gasteiger charge is -2.03. The molecule has 1 heterocycles. The first-order valence-corrected chi connectivity index (χ1v) is 4.10. The fourth-order valence-corrected chi connectivity index (χ4v) is 0.808. The fourth-order valence-electron chi connectivity index (χ4n) is 0.808. The van der Waals surface area contributed by atoms with E-state index in [9.17, 15) is 4.79 Å². The Balaban J connectivity index is 2.44. The highest BCUT2D eigenvalue weighted by atomic mass is 16.5. The Morgan fingerprint density at radius 2 is 2.38 bits per heavy atom. The maximum absolute atomic E-state index is 11.0. The van der Waals surface area contributed by atoms with Gasteiger partial charge in [0, 0.05) is 6.08 Å². The Hall–Kier alpha value is -1.51. The van der Waals surface area contributed by atoms with Gasteiger partial charge in [-0.05, 0) is 32.1 Å². The van der Waals surface area contributed by atoms with Crippen LogP contribution in [0.25, 0.3) is 6.08 Å². The Labute approximate surface area is 77.0 Å². The normalized spacial score (nSPS) is 11.0. The first-order valence-electron chi connectivity index (χ1n) is 4.10. The first kappa shape index (κ1) is 9.58. The molecule has 0 aromatic carbocycles. The maximum atomic E-state index is 11.0. The van der Waals surface area contributed by atoms with Crippen molar-refractivity contribution >= 4 is 12.0 Å². The molecule has 0 atom stereocenters. The summed E-state index contributed by atoms with van der Waals surface area (Å²) in [5, 5.41) is 0. The van der Waals surface area contributed by atoms with Crippen molar-refractivity contribution in [1.29, 1.82) is 0 Å². The standard InChI is InChI=1S/C10H12O3/c1-8(2)13-10(11)6-5-9-4-3-7-12-9/h3-8H,1-2H3. The second-order valence-electron chi connectivity index (χ2n) is 2.83. The van der Waals surface area contributed by atoms with Gasteiger partial charge in [0.1, 0.15) is 5.76 Å². The highest BCUT2D eigenvalue weighted by Crippen LogP contribution is 2.02. The summed E-state index contributed by atoms with van der Waals surface area (Å²) in [5.74, 6) is 0.284. The molecule has 0 aliphatic rings. The number of furan rings is 1. The minimum absolute atomic E-state index is 0.0891. The highest BCUT2D eigenvalue weighted by Gasteiger charge is 1.99. The predicted molar refractivity (Wildman–Crippen MR) is 49.0 cm³/mol. The molecule has 13 heavy (non-hydrogen) atoms. The molecule has 0 fully saturated rings. The van der Waals surface area contributed by atoms with Gasteiger partial charge < -0.3 is 9.15 Å². The van der Waals surface area contributed by atoms with E-state index in [4.69, 9.17) is 9.15 Å². The van der Waals surface area contributed by atoms with Crippen LogP contribution in [0, 0.1) is 0 Å². The van der Waals surface area contributed by atoms with Gasteiger partial charge in [0.25, 0.3) is 0 Å². The lowest BCUT2D eigenvalue weighted by Crippen LogP contribution is -2.08. The number of rotatable bonds is 3. The van der Waals surface area contributed by atoms with Crippen LogP contribution in [0.15, 0.2) is 28.9 Å². The molecule has 3 heteroatoms. The van der Waals surface area contributed by atoms with Crippen molar-refractivity contribution < 1.29 is 13.9 Å². The molecule has 1 aromatic heterocycles. The zero-order valence-electron chi connectivity index (χ0n) is 7.69. The van der Waals surface area contributed by atoms with Gasteiger partial charge in [-0.25, -0.2) is 4.79 Å². The number of hydrogen-bond donors (Lipinski definition) is 0. The minimum atomic E-state index is -0.355. The monoisotopic (exact) mass is 180 g/mol. The number of carbonyl (C=O) groups excluding carboxylic acids is 1. The van der Waals surface area contributed by atoms with Gasteiger partial charge >= 0.3 is 5.97 Å². The van der Waals surface area contributed by atoms with Crippen LogP contribution in [0.5, 0.6) is 0 Å². The zero-order chi connectivity index (χ0) is 9.68. The smallest absolute Gasteiger partial charge is 0.331 e. The third kappa shape index (κ3) is 3.60. The molecule has 0 amide bonds. The van der Waals surface area contributed by atoms with Crippen molar-refractivity contribution in [2.75, 3.05) is 0 Å². The molecule has 3 nitrogen and oxygen atoms in total. The molecule has 1 aromatic rings. The maximum Gasteiger partial charge on any atom is 0.331 e. The van der Waals surface area contributed by atoms with Crippen LogP contribution in [-0.4, -0.2) is 12.1 Å². The van der Waals surface area contributed by atoms with Crippen molar-refractivity contribution in [3.05, 3.63) is 30.2 Å². The van der Waals surface area contributed by atoms with Crippen LogP contribution in [-0.2, 0) is 9.53 Å². The molecule has 0 unspecified atom stereocenters. The quantitative estimate of drug-likeness (QED) is 0.529. The Morgan fingerprint density at radius 3 is 2.92 bits per heavy atom. The molecule has 1 rings (SSSR count). The van der Waals surface area contributed by atoms with Gasteiger partial charge in [0.15, 0.2) is 0 Å². The van der Waals surface area contributed by atoms with E-state index >= 15 is 0 Å². The molecule has 0 saturated heterocycles. The molecule has 0 N–H and O–H groups in total. The van der Waals surface area contributed by atoms with Crippen molar-refractivity contribution in [2.45, 2.75) is 20.0 Å². The number of hydrogen-bond acceptors (Lipinski definition) is 3.